The molecule has 2 N–H and O–H groups in total. The van der Waals surface area contributed by atoms with Crippen molar-refractivity contribution in [2.24, 2.45) is 5.92 Å². The van der Waals surface area contributed by atoms with Crippen molar-refractivity contribution >= 4 is 17.8 Å². The number of methoxy groups -OCH3 is 1. The quantitative estimate of drug-likeness (QED) is 0.813. The molecule has 0 aromatic heterocycles. The van der Waals surface area contributed by atoms with Gasteiger partial charge in [-0.1, -0.05) is 6.07 Å². The van der Waals surface area contributed by atoms with Crippen LogP contribution in [0.5, 0.6) is 5.75 Å². The number of likely N-dealkylation sites (tertiary alicyclic amines) is 1. The normalized spacial score (nSPS) is 15.0. The molecule has 0 radical (unpaired) electrons. The number of rotatable bonds is 6. The van der Waals surface area contributed by atoms with Crippen molar-refractivity contribution in [3.05, 3.63) is 29.8 Å². The van der Waals surface area contributed by atoms with E-state index in [1.54, 1.807) is 29.2 Å². The van der Waals surface area contributed by atoms with Gasteiger partial charge in [-0.25, -0.2) is 0 Å². The second-order valence-corrected chi connectivity index (χ2v) is 5.84. The average Bonchev–Trinajstić information content (AvgIpc) is 2.59. The molecule has 130 valence electrons. The Morgan fingerprint density at radius 3 is 2.62 bits per heavy atom. The van der Waals surface area contributed by atoms with E-state index in [0.29, 0.717) is 37.2 Å². The largest absolute Gasteiger partial charge is 0.497 e. The van der Waals surface area contributed by atoms with Crippen molar-refractivity contribution in [1.29, 1.82) is 0 Å². The predicted octanol–water partition coefficient (Wildman–Crippen LogP) is 1.14. The van der Waals surface area contributed by atoms with Gasteiger partial charge in [-0.2, -0.15) is 0 Å². The number of carbonyl (C=O) groups excluding carboxylic acids is 2. The van der Waals surface area contributed by atoms with Gasteiger partial charge in [-0.15, -0.1) is 0 Å². The van der Waals surface area contributed by atoms with Crippen LogP contribution in [-0.2, 0) is 9.59 Å². The van der Waals surface area contributed by atoms with E-state index in [2.05, 4.69) is 5.32 Å². The van der Waals surface area contributed by atoms with Crippen LogP contribution in [0.25, 0.3) is 0 Å². The molecule has 1 aromatic rings. The van der Waals surface area contributed by atoms with E-state index in [-0.39, 0.29) is 30.7 Å². The third-order valence-electron chi connectivity index (χ3n) is 4.16. The minimum Gasteiger partial charge on any atom is -0.497 e. The first-order valence-electron chi connectivity index (χ1n) is 7.91. The van der Waals surface area contributed by atoms with Crippen LogP contribution in [0.4, 0.5) is 0 Å². The molecule has 0 saturated carbocycles. The maximum Gasteiger partial charge on any atom is 0.303 e. The van der Waals surface area contributed by atoms with Crippen molar-refractivity contribution in [3.63, 3.8) is 0 Å². The third kappa shape index (κ3) is 4.97. The Kier molecular flexibility index (Phi) is 6.17. The highest BCUT2D eigenvalue weighted by atomic mass is 16.5. The minimum atomic E-state index is -0.801. The fourth-order valence-corrected chi connectivity index (χ4v) is 2.77. The predicted molar refractivity (Wildman–Crippen MR) is 86.9 cm³/mol. The van der Waals surface area contributed by atoms with Crippen LogP contribution >= 0.6 is 0 Å². The molecule has 0 bridgehead atoms. The van der Waals surface area contributed by atoms with Crippen LogP contribution < -0.4 is 10.1 Å². The molecule has 24 heavy (non-hydrogen) atoms. The highest BCUT2D eigenvalue weighted by molar-refractivity contribution is 5.96. The van der Waals surface area contributed by atoms with Gasteiger partial charge in [-0.05, 0) is 37.0 Å². The smallest absolute Gasteiger partial charge is 0.303 e. The third-order valence-corrected chi connectivity index (χ3v) is 4.16. The Bertz CT molecular complexity index is 609. The first kappa shape index (κ1) is 17.8. The van der Waals surface area contributed by atoms with Gasteiger partial charge >= 0.3 is 5.97 Å². The molecule has 1 aliphatic heterocycles. The first-order valence-corrected chi connectivity index (χ1v) is 7.91. The molecular formula is C17H22N2O5. The van der Waals surface area contributed by atoms with E-state index in [0.717, 1.165) is 0 Å². The van der Waals surface area contributed by atoms with Crippen molar-refractivity contribution in [2.45, 2.75) is 19.3 Å². The number of carboxylic acids is 1. The monoisotopic (exact) mass is 334 g/mol. The summed E-state index contributed by atoms with van der Waals surface area (Å²) in [5.74, 6) is -0.583. The second kappa shape index (κ2) is 8.33. The van der Waals surface area contributed by atoms with E-state index in [1.807, 2.05) is 0 Å². The lowest BCUT2D eigenvalue weighted by molar-refractivity contribution is -0.138. The SMILES string of the molecule is COc1cccc(C(=O)NCC(=O)N2CCC(CC(=O)O)CC2)c1. The van der Waals surface area contributed by atoms with E-state index in [9.17, 15) is 14.4 Å². The zero-order valence-corrected chi connectivity index (χ0v) is 13.7. The summed E-state index contributed by atoms with van der Waals surface area (Å²) >= 11 is 0. The molecule has 7 heteroatoms. The number of hydrogen-bond acceptors (Lipinski definition) is 4. The van der Waals surface area contributed by atoms with Crippen molar-refractivity contribution < 1.29 is 24.2 Å². The number of carbonyl (C=O) groups is 3. The van der Waals surface area contributed by atoms with Crippen LogP contribution in [0.1, 0.15) is 29.6 Å². The van der Waals surface area contributed by atoms with Gasteiger partial charge in [-0.3, -0.25) is 14.4 Å². The minimum absolute atomic E-state index is 0.0698. The number of nitrogens with one attached hydrogen (secondary N) is 1. The van der Waals surface area contributed by atoms with Crippen molar-refractivity contribution in [1.82, 2.24) is 10.2 Å². The number of aliphatic carboxylic acids is 1. The van der Waals surface area contributed by atoms with Gasteiger partial charge in [0.1, 0.15) is 5.75 Å². The molecule has 1 fully saturated rings. The Balaban J connectivity index is 1.79. The molecule has 1 saturated heterocycles. The van der Waals surface area contributed by atoms with Crippen molar-refractivity contribution in [2.75, 3.05) is 26.7 Å². The van der Waals surface area contributed by atoms with Gasteiger partial charge in [0.15, 0.2) is 0 Å². The van der Waals surface area contributed by atoms with Gasteiger partial charge < -0.3 is 20.1 Å². The molecule has 0 atom stereocenters. The summed E-state index contributed by atoms with van der Waals surface area (Å²) in [6, 6.07) is 6.71. The van der Waals surface area contributed by atoms with Gasteiger partial charge in [0.2, 0.25) is 5.91 Å². The summed E-state index contributed by atoms with van der Waals surface area (Å²) in [4.78, 5) is 36.6. The zero-order valence-electron chi connectivity index (χ0n) is 13.7. The van der Waals surface area contributed by atoms with E-state index in [4.69, 9.17) is 9.84 Å². The first-order chi connectivity index (χ1) is 11.5. The fourth-order valence-electron chi connectivity index (χ4n) is 2.77. The lowest BCUT2D eigenvalue weighted by atomic mass is 9.93. The van der Waals surface area contributed by atoms with Crippen LogP contribution in [0.2, 0.25) is 0 Å². The van der Waals surface area contributed by atoms with E-state index < -0.39 is 5.97 Å². The zero-order chi connectivity index (χ0) is 17.5. The number of carboxylic acid groups (broad SMARTS) is 1. The molecule has 1 aliphatic rings. The van der Waals surface area contributed by atoms with Crippen molar-refractivity contribution in [3.8, 4) is 5.75 Å². The Labute approximate surface area is 140 Å². The number of nitrogens with zero attached hydrogens (tertiary/aromatic N) is 1. The number of ether oxygens (including phenoxy) is 1. The summed E-state index contributed by atoms with van der Waals surface area (Å²) in [5.41, 5.74) is 0.433. The summed E-state index contributed by atoms with van der Waals surface area (Å²) in [6.45, 7) is 0.997. The molecule has 7 nitrogen and oxygen atoms in total. The molecule has 2 amide bonds. The number of amides is 2. The molecule has 2 rings (SSSR count). The summed E-state index contributed by atoms with van der Waals surface area (Å²) in [5, 5.41) is 11.4. The Hall–Kier alpha value is -2.57. The summed E-state index contributed by atoms with van der Waals surface area (Å²) in [6.07, 6.45) is 1.51. The van der Waals surface area contributed by atoms with Gasteiger partial charge in [0.05, 0.1) is 13.7 Å². The van der Waals surface area contributed by atoms with Gasteiger partial charge in [0.25, 0.3) is 5.91 Å². The molecule has 0 aliphatic carbocycles. The highest BCUT2D eigenvalue weighted by Gasteiger charge is 2.24. The summed E-state index contributed by atoms with van der Waals surface area (Å²) in [7, 11) is 1.52. The van der Waals surface area contributed by atoms with Crippen LogP contribution in [0.15, 0.2) is 24.3 Å². The Morgan fingerprint density at radius 1 is 1.29 bits per heavy atom. The maximum absolute atomic E-state index is 12.2. The lowest BCUT2D eigenvalue weighted by Crippen LogP contribution is -2.44. The number of benzene rings is 1. The fraction of sp³-hybridized carbons (Fsp3) is 0.471. The summed E-state index contributed by atoms with van der Waals surface area (Å²) < 4.78 is 5.07. The molecule has 1 heterocycles. The van der Waals surface area contributed by atoms with Gasteiger partial charge in [0, 0.05) is 25.1 Å². The van der Waals surface area contributed by atoms with E-state index in [1.165, 1.54) is 7.11 Å². The van der Waals surface area contributed by atoms with E-state index >= 15 is 0 Å². The maximum atomic E-state index is 12.2. The second-order valence-electron chi connectivity index (χ2n) is 5.84. The van der Waals surface area contributed by atoms with Crippen LogP contribution in [0.3, 0.4) is 0 Å². The average molecular weight is 334 g/mol. The molecule has 0 spiro atoms. The number of hydrogen-bond donors (Lipinski definition) is 2. The highest BCUT2D eigenvalue weighted by Crippen LogP contribution is 2.20. The molecule has 0 unspecified atom stereocenters. The Morgan fingerprint density at radius 2 is 2.00 bits per heavy atom. The lowest BCUT2D eigenvalue weighted by Gasteiger charge is -2.31. The van der Waals surface area contributed by atoms with Crippen LogP contribution in [0, 0.1) is 5.92 Å². The van der Waals surface area contributed by atoms with Crippen LogP contribution in [-0.4, -0.2) is 54.5 Å². The number of piperidine rings is 1. The molecular weight excluding hydrogens is 312 g/mol. The topological polar surface area (TPSA) is 95.9 Å². The standard InChI is InChI=1S/C17H22N2O5/c1-24-14-4-2-3-13(10-14)17(23)18-11-15(20)19-7-5-12(6-8-19)9-16(21)22/h2-4,10,12H,5-9,11H2,1H3,(H,18,23)(H,21,22). The molecule has 1 aromatic carbocycles.